The number of likely N-dealkylation sites (N-methyl/N-ethyl adjacent to an activating group) is 1. The Hall–Kier alpha value is -1.25. The minimum absolute atomic E-state index is 0.0290. The van der Waals surface area contributed by atoms with Gasteiger partial charge in [0.15, 0.2) is 6.10 Å². The third-order valence-electron chi connectivity index (χ3n) is 11.5. The number of ether oxygens (including phenoxy) is 2. The van der Waals surface area contributed by atoms with Crippen LogP contribution in [0.3, 0.4) is 0 Å². The van der Waals surface area contributed by atoms with Crippen LogP contribution in [0.5, 0.6) is 0 Å². The van der Waals surface area contributed by atoms with Gasteiger partial charge in [-0.2, -0.15) is 0 Å². The minimum Gasteiger partial charge on any atom is -0.756 e. The predicted octanol–water partition coefficient (Wildman–Crippen LogP) is 14.7. The lowest BCUT2D eigenvalue weighted by Crippen LogP contribution is -2.37. The van der Waals surface area contributed by atoms with E-state index in [1.165, 1.54) is 167 Å². The molecule has 0 aromatic carbocycles. The highest BCUT2D eigenvalue weighted by molar-refractivity contribution is 7.45. The molecule has 61 heavy (non-hydrogen) atoms. The zero-order chi connectivity index (χ0) is 45.0. The number of carbonyl (C=O) groups is 2. The summed E-state index contributed by atoms with van der Waals surface area (Å²) in [5.74, 6) is -0.829. The van der Waals surface area contributed by atoms with Crippen LogP contribution in [0.15, 0.2) is 12.2 Å². The van der Waals surface area contributed by atoms with E-state index in [4.69, 9.17) is 18.5 Å². The molecule has 0 heterocycles. The topological polar surface area (TPSA) is 111 Å². The Kier molecular flexibility index (Phi) is 43.1. The molecule has 0 aromatic heterocycles. The van der Waals surface area contributed by atoms with Gasteiger partial charge in [-0.3, -0.25) is 14.2 Å². The second-order valence-corrected chi connectivity index (χ2v) is 20.3. The van der Waals surface area contributed by atoms with Crippen molar-refractivity contribution in [1.29, 1.82) is 0 Å². The Labute approximate surface area is 377 Å². The van der Waals surface area contributed by atoms with Gasteiger partial charge in [-0.25, -0.2) is 0 Å². The molecule has 10 heteroatoms. The first-order chi connectivity index (χ1) is 29.5. The first-order valence-electron chi connectivity index (χ1n) is 25.9. The molecule has 362 valence electrons. The molecule has 0 bridgehead atoms. The van der Waals surface area contributed by atoms with Crippen molar-refractivity contribution in [3.05, 3.63) is 12.2 Å². The fourth-order valence-electron chi connectivity index (χ4n) is 7.48. The summed E-state index contributed by atoms with van der Waals surface area (Å²) >= 11 is 0. The highest BCUT2D eigenvalue weighted by Gasteiger charge is 2.21. The van der Waals surface area contributed by atoms with Gasteiger partial charge >= 0.3 is 11.9 Å². The minimum atomic E-state index is -4.63. The quantitative estimate of drug-likeness (QED) is 0.0195. The SMILES string of the molecule is CCCCCCCCC/C=C\CCCCCCCC(=O)OC(COC(=O)CCCCCCCCCCCCCCCCCCCCCCC)COP(=O)([O-])OCC[N+](C)(C)C. The summed E-state index contributed by atoms with van der Waals surface area (Å²) in [5.41, 5.74) is 0. The van der Waals surface area contributed by atoms with E-state index in [9.17, 15) is 19.0 Å². The van der Waals surface area contributed by atoms with Crippen molar-refractivity contribution in [3.8, 4) is 0 Å². The van der Waals surface area contributed by atoms with Crippen molar-refractivity contribution in [3.63, 3.8) is 0 Å². The maximum atomic E-state index is 12.7. The predicted molar refractivity (Wildman–Crippen MR) is 255 cm³/mol. The Morgan fingerprint density at radius 1 is 0.492 bits per heavy atom. The maximum Gasteiger partial charge on any atom is 0.306 e. The zero-order valence-electron chi connectivity index (χ0n) is 40.9. The number of allylic oxidation sites excluding steroid dienone is 2. The number of nitrogens with zero attached hydrogens (tertiary/aromatic N) is 1. The molecule has 9 nitrogen and oxygen atoms in total. The number of unbranched alkanes of at least 4 members (excludes halogenated alkanes) is 32. The number of phosphoric acid groups is 1. The second-order valence-electron chi connectivity index (χ2n) is 18.9. The first-order valence-corrected chi connectivity index (χ1v) is 27.4. The fraction of sp³-hybridized carbons (Fsp3) is 0.922. The molecule has 0 N–H and O–H groups in total. The number of rotatable bonds is 48. The summed E-state index contributed by atoms with van der Waals surface area (Å²) in [6, 6.07) is 0. The normalized spacial score (nSPS) is 13.5. The number of quaternary nitrogens is 1. The smallest absolute Gasteiger partial charge is 0.306 e. The average Bonchev–Trinajstić information content (AvgIpc) is 3.21. The summed E-state index contributed by atoms with van der Waals surface area (Å²) in [5, 5.41) is 0. The van der Waals surface area contributed by atoms with Gasteiger partial charge in [-0.15, -0.1) is 0 Å². The molecule has 0 fully saturated rings. The van der Waals surface area contributed by atoms with Crippen LogP contribution in [0.1, 0.15) is 251 Å². The third-order valence-corrected chi connectivity index (χ3v) is 12.5. The first kappa shape index (κ1) is 59.8. The number of hydrogen-bond acceptors (Lipinski definition) is 8. The van der Waals surface area contributed by atoms with E-state index >= 15 is 0 Å². The van der Waals surface area contributed by atoms with Crippen molar-refractivity contribution in [2.24, 2.45) is 0 Å². The van der Waals surface area contributed by atoms with Gasteiger partial charge in [0.25, 0.3) is 7.82 Å². The zero-order valence-corrected chi connectivity index (χ0v) is 41.8. The van der Waals surface area contributed by atoms with Gasteiger partial charge in [0.05, 0.1) is 27.7 Å². The number of phosphoric ester groups is 1. The fourth-order valence-corrected chi connectivity index (χ4v) is 8.20. The van der Waals surface area contributed by atoms with Crippen LogP contribution in [0.4, 0.5) is 0 Å². The van der Waals surface area contributed by atoms with E-state index in [0.29, 0.717) is 17.4 Å². The van der Waals surface area contributed by atoms with E-state index in [2.05, 4.69) is 26.0 Å². The molecule has 2 unspecified atom stereocenters. The molecule has 0 aliphatic rings. The van der Waals surface area contributed by atoms with Crippen LogP contribution in [-0.2, 0) is 32.7 Å². The summed E-state index contributed by atoms with van der Waals surface area (Å²) in [4.78, 5) is 37.7. The lowest BCUT2D eigenvalue weighted by Gasteiger charge is -2.28. The molecule has 0 aromatic rings. The van der Waals surface area contributed by atoms with Crippen LogP contribution < -0.4 is 4.89 Å². The van der Waals surface area contributed by atoms with Crippen molar-refractivity contribution < 1.29 is 42.1 Å². The Balaban J connectivity index is 4.20. The van der Waals surface area contributed by atoms with Gasteiger partial charge in [0.2, 0.25) is 0 Å². The molecule has 0 aliphatic heterocycles. The summed E-state index contributed by atoms with van der Waals surface area (Å²) in [6.45, 7) is 4.27. The summed E-state index contributed by atoms with van der Waals surface area (Å²) in [6.07, 6.45) is 48.1. The molecular weight excluding hydrogens is 786 g/mol. The van der Waals surface area contributed by atoms with E-state index in [1.807, 2.05) is 21.1 Å². The molecule has 0 rings (SSSR count). The molecule has 0 saturated carbocycles. The van der Waals surface area contributed by atoms with E-state index in [-0.39, 0.29) is 32.0 Å². The van der Waals surface area contributed by atoms with Crippen molar-refractivity contribution in [2.75, 3.05) is 47.5 Å². The molecule has 0 amide bonds. The number of hydrogen-bond donors (Lipinski definition) is 0. The molecule has 0 aliphatic carbocycles. The van der Waals surface area contributed by atoms with Gasteiger partial charge in [0, 0.05) is 12.8 Å². The van der Waals surface area contributed by atoms with Gasteiger partial charge in [0.1, 0.15) is 19.8 Å². The monoisotopic (exact) mass is 886 g/mol. The molecule has 2 atom stereocenters. The molecule has 0 spiro atoms. The second kappa shape index (κ2) is 44.0. The van der Waals surface area contributed by atoms with Crippen LogP contribution >= 0.6 is 7.82 Å². The van der Waals surface area contributed by atoms with E-state index in [0.717, 1.165) is 51.4 Å². The van der Waals surface area contributed by atoms with E-state index < -0.39 is 26.5 Å². The van der Waals surface area contributed by atoms with Crippen molar-refractivity contribution >= 4 is 19.8 Å². The molecule has 0 radical (unpaired) electrons. The third kappa shape index (κ3) is 48.1. The highest BCUT2D eigenvalue weighted by Crippen LogP contribution is 2.38. The van der Waals surface area contributed by atoms with Crippen LogP contribution in [0.25, 0.3) is 0 Å². The lowest BCUT2D eigenvalue weighted by molar-refractivity contribution is -0.870. The summed E-state index contributed by atoms with van der Waals surface area (Å²) in [7, 11) is 1.17. The van der Waals surface area contributed by atoms with Gasteiger partial charge in [-0.1, -0.05) is 212 Å². The number of esters is 2. The van der Waals surface area contributed by atoms with Crippen LogP contribution in [0.2, 0.25) is 0 Å². The van der Waals surface area contributed by atoms with Crippen molar-refractivity contribution in [2.45, 2.75) is 258 Å². The number of carbonyl (C=O) groups excluding carboxylic acids is 2. The lowest BCUT2D eigenvalue weighted by atomic mass is 10.0. The van der Waals surface area contributed by atoms with Crippen LogP contribution in [-0.4, -0.2) is 70.0 Å². The van der Waals surface area contributed by atoms with Crippen molar-refractivity contribution in [1.82, 2.24) is 0 Å². The molecule has 0 saturated heterocycles. The van der Waals surface area contributed by atoms with E-state index in [1.54, 1.807) is 0 Å². The van der Waals surface area contributed by atoms with Crippen LogP contribution in [0, 0.1) is 0 Å². The standard InChI is InChI=1S/C51H100NO8P/c1-6-8-10-12-14-16-18-20-22-24-25-26-27-28-30-31-33-35-37-39-41-43-50(53)57-47-49(48-59-61(55,56)58-46-45-52(3,4)5)60-51(54)44-42-40-38-36-34-32-29-23-21-19-17-15-13-11-9-7-2/h23,29,49H,6-22,24-28,30-48H2,1-5H3/b29-23-. The maximum absolute atomic E-state index is 12.7. The Bertz CT molecular complexity index is 1050. The average molecular weight is 886 g/mol. The van der Waals surface area contributed by atoms with Gasteiger partial charge in [-0.05, 0) is 38.5 Å². The van der Waals surface area contributed by atoms with Gasteiger partial charge < -0.3 is 27.9 Å². The Morgan fingerprint density at radius 2 is 0.836 bits per heavy atom. The molecular formula is C51H100NO8P. The summed E-state index contributed by atoms with van der Waals surface area (Å²) < 4.78 is 34.0. The largest absolute Gasteiger partial charge is 0.756 e. The highest BCUT2D eigenvalue weighted by atomic mass is 31.2. The Morgan fingerprint density at radius 3 is 1.21 bits per heavy atom.